The predicted octanol–water partition coefficient (Wildman–Crippen LogP) is 4.68. The highest BCUT2D eigenvalue weighted by Gasteiger charge is 2.19. The number of pyridine rings is 1. The molecule has 1 aromatic heterocycles. The van der Waals surface area contributed by atoms with E-state index in [-0.39, 0.29) is 27.0 Å². The summed E-state index contributed by atoms with van der Waals surface area (Å²) in [5, 5.41) is 9.77. The van der Waals surface area contributed by atoms with Gasteiger partial charge in [0.15, 0.2) is 0 Å². The number of sulfonamides is 1. The van der Waals surface area contributed by atoms with Gasteiger partial charge in [-0.3, -0.25) is 4.72 Å². The van der Waals surface area contributed by atoms with Crippen molar-refractivity contribution in [3.05, 3.63) is 76.4 Å². The lowest BCUT2D eigenvalue weighted by Crippen LogP contribution is -2.15. The molecule has 144 valence electrons. The zero-order chi connectivity index (χ0) is 20.3. The maximum atomic E-state index is 12.5. The highest BCUT2D eigenvalue weighted by Crippen LogP contribution is 2.28. The molecule has 3 rings (SSSR count). The Morgan fingerprint density at radius 1 is 1.07 bits per heavy atom. The Hall–Kier alpha value is -2.81. The van der Waals surface area contributed by atoms with Crippen LogP contribution in [0, 0.1) is 0 Å². The molecule has 0 spiro atoms. The van der Waals surface area contributed by atoms with Gasteiger partial charge in [0.25, 0.3) is 10.0 Å². The number of aromatic carboxylic acids is 1. The molecule has 10 heteroatoms. The van der Waals surface area contributed by atoms with Crippen molar-refractivity contribution < 1.29 is 23.1 Å². The van der Waals surface area contributed by atoms with E-state index in [9.17, 15) is 18.3 Å². The first-order chi connectivity index (χ1) is 13.3. The zero-order valence-electron chi connectivity index (χ0n) is 14.0. The third-order valence-electron chi connectivity index (χ3n) is 3.53. The summed E-state index contributed by atoms with van der Waals surface area (Å²) in [5.74, 6) is -0.802. The molecule has 0 saturated carbocycles. The van der Waals surface area contributed by atoms with Crippen LogP contribution >= 0.6 is 23.2 Å². The van der Waals surface area contributed by atoms with Crippen LogP contribution in [0.3, 0.4) is 0 Å². The molecule has 2 N–H and O–H groups in total. The van der Waals surface area contributed by atoms with Gasteiger partial charge < -0.3 is 9.84 Å². The van der Waals surface area contributed by atoms with Crippen molar-refractivity contribution in [2.24, 2.45) is 0 Å². The van der Waals surface area contributed by atoms with Crippen molar-refractivity contribution >= 4 is 44.9 Å². The van der Waals surface area contributed by atoms with Gasteiger partial charge in [0.2, 0.25) is 5.88 Å². The number of anilines is 1. The molecule has 28 heavy (non-hydrogen) atoms. The van der Waals surface area contributed by atoms with E-state index in [4.69, 9.17) is 27.9 Å². The molecule has 0 aliphatic rings. The lowest BCUT2D eigenvalue weighted by Gasteiger charge is -2.11. The number of ether oxygens (including phenoxy) is 1. The van der Waals surface area contributed by atoms with E-state index in [0.717, 1.165) is 12.3 Å². The summed E-state index contributed by atoms with van der Waals surface area (Å²) in [4.78, 5) is 15.1. The average Bonchev–Trinajstić information content (AvgIpc) is 2.65. The summed E-state index contributed by atoms with van der Waals surface area (Å²) in [7, 11) is -4.08. The Labute approximate surface area is 170 Å². The Morgan fingerprint density at radius 2 is 1.82 bits per heavy atom. The number of nitrogens with one attached hydrogen (secondary N) is 1. The second-order valence-corrected chi connectivity index (χ2v) is 7.99. The Balaban J connectivity index is 1.83. The maximum Gasteiger partial charge on any atom is 0.337 e. The van der Waals surface area contributed by atoms with Gasteiger partial charge in [0.1, 0.15) is 10.6 Å². The molecular weight excluding hydrogens is 427 g/mol. The molecule has 0 unspecified atom stereocenters. The molecule has 0 amide bonds. The van der Waals surface area contributed by atoms with Gasteiger partial charge >= 0.3 is 5.97 Å². The van der Waals surface area contributed by atoms with E-state index in [2.05, 4.69) is 9.71 Å². The largest absolute Gasteiger partial charge is 0.478 e. The molecule has 0 saturated heterocycles. The quantitative estimate of drug-likeness (QED) is 0.578. The lowest BCUT2D eigenvalue weighted by molar-refractivity contribution is 0.0698. The molecule has 0 bridgehead atoms. The van der Waals surface area contributed by atoms with Crippen molar-refractivity contribution in [2.45, 2.75) is 4.90 Å². The fourth-order valence-electron chi connectivity index (χ4n) is 2.21. The number of para-hydroxylation sites is 1. The van der Waals surface area contributed by atoms with Crippen molar-refractivity contribution in [1.29, 1.82) is 0 Å². The van der Waals surface area contributed by atoms with Gasteiger partial charge in [-0.2, -0.15) is 0 Å². The number of carbonyl (C=O) groups is 1. The summed E-state index contributed by atoms with van der Waals surface area (Å²) in [6.45, 7) is 0. The summed E-state index contributed by atoms with van der Waals surface area (Å²) in [6, 6.07) is 13.2. The first-order valence-corrected chi connectivity index (χ1v) is 9.94. The average molecular weight is 439 g/mol. The van der Waals surface area contributed by atoms with Crippen LogP contribution in [0.1, 0.15) is 10.4 Å². The molecule has 0 fully saturated rings. The Kier molecular flexibility index (Phi) is 5.73. The summed E-state index contributed by atoms with van der Waals surface area (Å²) in [6.07, 6.45) is 1.09. The minimum atomic E-state index is -4.08. The van der Waals surface area contributed by atoms with Gasteiger partial charge in [0, 0.05) is 11.1 Å². The third-order valence-corrected chi connectivity index (χ3v) is 5.43. The SMILES string of the molecule is O=C(O)c1cc(Cl)ccc1NS(=O)(=O)c1ccc(Oc2ccccc2Cl)nc1. The van der Waals surface area contributed by atoms with Crippen molar-refractivity contribution in [3.63, 3.8) is 0 Å². The molecule has 0 radical (unpaired) electrons. The van der Waals surface area contributed by atoms with E-state index in [1.54, 1.807) is 24.3 Å². The van der Waals surface area contributed by atoms with Crippen LogP contribution in [0.15, 0.2) is 65.7 Å². The summed E-state index contributed by atoms with van der Waals surface area (Å²) >= 11 is 11.8. The fraction of sp³-hybridized carbons (Fsp3) is 0. The van der Waals surface area contributed by atoms with E-state index in [0.29, 0.717) is 10.8 Å². The zero-order valence-corrected chi connectivity index (χ0v) is 16.3. The van der Waals surface area contributed by atoms with E-state index in [1.807, 2.05) is 0 Å². The Bertz CT molecular complexity index is 1130. The summed E-state index contributed by atoms with van der Waals surface area (Å²) in [5.41, 5.74) is -0.393. The minimum Gasteiger partial charge on any atom is -0.478 e. The maximum absolute atomic E-state index is 12.5. The van der Waals surface area contributed by atoms with Crippen LogP contribution in [0.5, 0.6) is 11.6 Å². The molecule has 2 aromatic carbocycles. The predicted molar refractivity (Wildman–Crippen MR) is 105 cm³/mol. The Morgan fingerprint density at radius 3 is 2.46 bits per heavy atom. The molecule has 0 aliphatic heterocycles. The lowest BCUT2D eigenvalue weighted by atomic mass is 10.2. The van der Waals surface area contributed by atoms with Crippen LogP contribution in [0.25, 0.3) is 0 Å². The normalized spacial score (nSPS) is 11.1. The summed E-state index contributed by atoms with van der Waals surface area (Å²) < 4.78 is 32.8. The number of carboxylic acid groups (broad SMARTS) is 1. The van der Waals surface area contributed by atoms with Crippen molar-refractivity contribution in [2.75, 3.05) is 4.72 Å². The smallest absolute Gasteiger partial charge is 0.337 e. The van der Waals surface area contributed by atoms with Crippen LogP contribution in [-0.4, -0.2) is 24.5 Å². The highest BCUT2D eigenvalue weighted by atomic mass is 35.5. The van der Waals surface area contributed by atoms with E-state index < -0.39 is 16.0 Å². The number of rotatable bonds is 6. The number of nitrogens with zero attached hydrogens (tertiary/aromatic N) is 1. The number of aromatic nitrogens is 1. The second-order valence-electron chi connectivity index (χ2n) is 5.47. The number of hydrogen-bond acceptors (Lipinski definition) is 5. The second kappa shape index (κ2) is 8.05. The molecular formula is C18H12Cl2N2O5S. The standard InChI is InChI=1S/C18H12Cl2N2O5S/c19-11-5-7-15(13(9-11)18(23)24)22-28(25,26)12-6-8-17(21-10-12)27-16-4-2-1-3-14(16)20/h1-10,22H,(H,23,24). The highest BCUT2D eigenvalue weighted by molar-refractivity contribution is 7.92. The van der Waals surface area contributed by atoms with Crippen LogP contribution in [-0.2, 0) is 10.0 Å². The van der Waals surface area contributed by atoms with Crippen LogP contribution in [0.4, 0.5) is 5.69 Å². The monoisotopic (exact) mass is 438 g/mol. The first kappa shape index (κ1) is 19.9. The van der Waals surface area contributed by atoms with Gasteiger partial charge in [-0.05, 0) is 36.4 Å². The number of benzene rings is 2. The first-order valence-electron chi connectivity index (χ1n) is 7.70. The molecule has 0 aliphatic carbocycles. The van der Waals surface area contributed by atoms with Crippen LogP contribution < -0.4 is 9.46 Å². The molecule has 3 aromatic rings. The van der Waals surface area contributed by atoms with Gasteiger partial charge in [-0.15, -0.1) is 0 Å². The van der Waals surface area contributed by atoms with Crippen molar-refractivity contribution in [3.8, 4) is 11.6 Å². The fourth-order valence-corrected chi connectivity index (χ4v) is 3.58. The van der Waals surface area contributed by atoms with Gasteiger partial charge in [-0.1, -0.05) is 35.3 Å². The number of hydrogen-bond donors (Lipinski definition) is 2. The van der Waals surface area contributed by atoms with E-state index in [1.165, 1.54) is 24.3 Å². The number of halogens is 2. The van der Waals surface area contributed by atoms with Crippen molar-refractivity contribution in [1.82, 2.24) is 4.98 Å². The topological polar surface area (TPSA) is 106 Å². The molecule has 7 nitrogen and oxygen atoms in total. The minimum absolute atomic E-state index is 0.117. The van der Waals surface area contributed by atoms with E-state index >= 15 is 0 Å². The third kappa shape index (κ3) is 4.53. The van der Waals surface area contributed by atoms with Gasteiger partial charge in [0.05, 0.1) is 22.5 Å². The number of carboxylic acids is 1. The molecule has 1 heterocycles. The van der Waals surface area contributed by atoms with Gasteiger partial charge in [-0.25, -0.2) is 18.2 Å². The van der Waals surface area contributed by atoms with Crippen LogP contribution in [0.2, 0.25) is 10.0 Å². The molecule has 0 atom stereocenters.